The Morgan fingerprint density at radius 2 is 1.65 bits per heavy atom. The van der Waals surface area contributed by atoms with Gasteiger partial charge in [-0.1, -0.05) is 41.4 Å². The van der Waals surface area contributed by atoms with Crippen LogP contribution in [0.3, 0.4) is 0 Å². The Balaban J connectivity index is 2.60. The molecule has 0 aliphatic rings. The first-order valence-corrected chi connectivity index (χ1v) is 7.06. The molecule has 4 heteroatoms. The predicted octanol–water partition coefficient (Wildman–Crippen LogP) is 4.67. The zero-order valence-electron chi connectivity index (χ0n) is 11.7. The van der Waals surface area contributed by atoms with Crippen LogP contribution in [0.15, 0.2) is 30.3 Å². The summed E-state index contributed by atoms with van der Waals surface area (Å²) in [6.07, 6.45) is 0. The summed E-state index contributed by atoms with van der Waals surface area (Å²) in [5, 5.41) is 1.12. The van der Waals surface area contributed by atoms with Gasteiger partial charge in [-0.05, 0) is 37.1 Å². The van der Waals surface area contributed by atoms with Gasteiger partial charge >= 0.3 is 0 Å². The van der Waals surface area contributed by atoms with Gasteiger partial charge in [0.25, 0.3) is 0 Å². The summed E-state index contributed by atoms with van der Waals surface area (Å²) in [6, 6.07) is 8.94. The highest BCUT2D eigenvalue weighted by Gasteiger charge is 2.21. The highest BCUT2D eigenvalue weighted by atomic mass is 35.5. The Hall–Kier alpha value is -1.22. The highest BCUT2D eigenvalue weighted by Crippen LogP contribution is 2.38. The van der Waals surface area contributed by atoms with E-state index in [1.807, 2.05) is 26.0 Å². The van der Waals surface area contributed by atoms with Crippen LogP contribution in [-0.2, 0) is 0 Å². The third kappa shape index (κ3) is 2.64. The molecule has 2 N–H and O–H groups in total. The standard InChI is InChI=1S/C16H17Cl2NO/c1-9-7-8-11(16(20-3)10(9)2)15(19)14-12(17)5-4-6-13(14)18/h4-8,15H,19H2,1-3H3. The van der Waals surface area contributed by atoms with Gasteiger partial charge in [0.1, 0.15) is 5.75 Å². The molecule has 2 aromatic rings. The van der Waals surface area contributed by atoms with Gasteiger partial charge in [0.05, 0.1) is 13.2 Å². The molecule has 0 saturated heterocycles. The average molecular weight is 310 g/mol. The first-order valence-electron chi connectivity index (χ1n) is 6.31. The second kappa shape index (κ2) is 6.04. The molecule has 0 aliphatic heterocycles. The van der Waals surface area contributed by atoms with Crippen LogP contribution in [0.4, 0.5) is 0 Å². The minimum absolute atomic E-state index is 0.426. The molecule has 0 aromatic heterocycles. The molecule has 2 rings (SSSR count). The minimum atomic E-state index is -0.426. The minimum Gasteiger partial charge on any atom is -0.496 e. The van der Waals surface area contributed by atoms with Gasteiger partial charge in [-0.25, -0.2) is 0 Å². The Kier molecular flexibility index (Phi) is 4.59. The third-order valence-electron chi connectivity index (χ3n) is 3.56. The number of ether oxygens (including phenoxy) is 1. The number of methoxy groups -OCH3 is 1. The average Bonchev–Trinajstić information content (AvgIpc) is 2.41. The lowest BCUT2D eigenvalue weighted by molar-refractivity contribution is 0.404. The van der Waals surface area contributed by atoms with Crippen molar-refractivity contribution in [1.82, 2.24) is 0 Å². The Labute approximate surface area is 129 Å². The highest BCUT2D eigenvalue weighted by molar-refractivity contribution is 6.36. The fourth-order valence-corrected chi connectivity index (χ4v) is 2.92. The molecule has 0 radical (unpaired) electrons. The van der Waals surface area contributed by atoms with Gasteiger partial charge in [-0.15, -0.1) is 0 Å². The second-order valence-corrected chi connectivity index (χ2v) is 5.56. The van der Waals surface area contributed by atoms with Crippen molar-refractivity contribution in [3.05, 3.63) is 62.6 Å². The molecular weight excluding hydrogens is 293 g/mol. The topological polar surface area (TPSA) is 35.2 Å². The lowest BCUT2D eigenvalue weighted by atomic mass is 9.95. The summed E-state index contributed by atoms with van der Waals surface area (Å²) in [4.78, 5) is 0. The normalized spacial score (nSPS) is 12.3. The summed E-state index contributed by atoms with van der Waals surface area (Å²) in [5.41, 5.74) is 10.2. The quantitative estimate of drug-likeness (QED) is 0.894. The Morgan fingerprint density at radius 1 is 1.05 bits per heavy atom. The third-order valence-corrected chi connectivity index (χ3v) is 4.22. The van der Waals surface area contributed by atoms with Gasteiger partial charge in [0.2, 0.25) is 0 Å². The van der Waals surface area contributed by atoms with Crippen molar-refractivity contribution in [2.45, 2.75) is 19.9 Å². The van der Waals surface area contributed by atoms with Crippen molar-refractivity contribution < 1.29 is 4.74 Å². The number of halogens is 2. The molecule has 1 atom stereocenters. The first-order chi connectivity index (χ1) is 9.47. The Morgan fingerprint density at radius 3 is 2.20 bits per heavy atom. The molecule has 0 spiro atoms. The van der Waals surface area contributed by atoms with Gasteiger partial charge in [0.15, 0.2) is 0 Å². The van der Waals surface area contributed by atoms with E-state index >= 15 is 0 Å². The van der Waals surface area contributed by atoms with Crippen LogP contribution in [0.1, 0.15) is 28.3 Å². The van der Waals surface area contributed by atoms with Gasteiger partial charge in [-0.2, -0.15) is 0 Å². The number of benzene rings is 2. The maximum Gasteiger partial charge on any atom is 0.127 e. The van der Waals surface area contributed by atoms with E-state index in [2.05, 4.69) is 0 Å². The van der Waals surface area contributed by atoms with Crippen molar-refractivity contribution in [2.75, 3.05) is 7.11 Å². The second-order valence-electron chi connectivity index (χ2n) is 4.74. The SMILES string of the molecule is COc1c(C(N)c2c(Cl)cccc2Cl)ccc(C)c1C. The van der Waals surface area contributed by atoms with Crippen molar-refractivity contribution in [3.63, 3.8) is 0 Å². The van der Waals surface area contributed by atoms with Gasteiger partial charge in [0, 0.05) is 21.2 Å². The zero-order valence-corrected chi connectivity index (χ0v) is 13.2. The molecule has 0 fully saturated rings. The molecule has 2 nitrogen and oxygen atoms in total. The number of aryl methyl sites for hydroxylation is 1. The van der Waals surface area contributed by atoms with Gasteiger partial charge in [-0.3, -0.25) is 0 Å². The molecule has 0 saturated carbocycles. The van der Waals surface area contributed by atoms with Crippen molar-refractivity contribution in [2.24, 2.45) is 5.73 Å². The molecule has 2 aromatic carbocycles. The maximum atomic E-state index is 6.36. The molecule has 20 heavy (non-hydrogen) atoms. The number of nitrogens with two attached hydrogens (primary N) is 1. The van der Waals surface area contributed by atoms with Crippen molar-refractivity contribution in [3.8, 4) is 5.75 Å². The van der Waals surface area contributed by atoms with E-state index in [4.69, 9.17) is 33.7 Å². The van der Waals surface area contributed by atoms with E-state index in [0.29, 0.717) is 10.0 Å². The van der Waals surface area contributed by atoms with E-state index < -0.39 is 6.04 Å². The largest absolute Gasteiger partial charge is 0.496 e. The number of hydrogen-bond acceptors (Lipinski definition) is 2. The van der Waals surface area contributed by atoms with E-state index in [1.165, 1.54) is 0 Å². The summed E-state index contributed by atoms with van der Waals surface area (Å²) >= 11 is 12.5. The summed E-state index contributed by atoms with van der Waals surface area (Å²) < 4.78 is 5.51. The fourth-order valence-electron chi connectivity index (χ4n) is 2.29. The van der Waals surface area contributed by atoms with E-state index in [9.17, 15) is 0 Å². The van der Waals surface area contributed by atoms with Crippen LogP contribution in [0.2, 0.25) is 10.0 Å². The van der Waals surface area contributed by atoms with Crippen molar-refractivity contribution in [1.29, 1.82) is 0 Å². The number of hydrogen-bond donors (Lipinski definition) is 1. The maximum absolute atomic E-state index is 6.36. The summed E-state index contributed by atoms with van der Waals surface area (Å²) in [6.45, 7) is 4.05. The van der Waals surface area contributed by atoms with E-state index in [1.54, 1.807) is 25.3 Å². The molecule has 1 unspecified atom stereocenters. The van der Waals surface area contributed by atoms with Crippen LogP contribution in [0.25, 0.3) is 0 Å². The smallest absolute Gasteiger partial charge is 0.127 e. The molecular formula is C16H17Cl2NO. The van der Waals surface area contributed by atoms with Gasteiger partial charge < -0.3 is 10.5 Å². The molecule has 0 bridgehead atoms. The number of rotatable bonds is 3. The van der Waals surface area contributed by atoms with E-state index in [0.717, 1.165) is 28.0 Å². The van der Waals surface area contributed by atoms with Crippen LogP contribution >= 0.6 is 23.2 Å². The van der Waals surface area contributed by atoms with Crippen LogP contribution in [-0.4, -0.2) is 7.11 Å². The lowest BCUT2D eigenvalue weighted by Gasteiger charge is -2.20. The van der Waals surface area contributed by atoms with Crippen LogP contribution in [0, 0.1) is 13.8 Å². The fraction of sp³-hybridized carbons (Fsp3) is 0.250. The Bertz CT molecular complexity index is 620. The van der Waals surface area contributed by atoms with Crippen LogP contribution < -0.4 is 10.5 Å². The first kappa shape index (κ1) is 15.2. The van der Waals surface area contributed by atoms with E-state index in [-0.39, 0.29) is 0 Å². The summed E-state index contributed by atoms with van der Waals surface area (Å²) in [5.74, 6) is 0.786. The van der Waals surface area contributed by atoms with Crippen molar-refractivity contribution >= 4 is 23.2 Å². The molecule has 106 valence electrons. The summed E-state index contributed by atoms with van der Waals surface area (Å²) in [7, 11) is 1.65. The molecule has 0 amide bonds. The molecule has 0 heterocycles. The monoisotopic (exact) mass is 309 g/mol. The predicted molar refractivity (Wildman–Crippen MR) is 85.0 cm³/mol. The lowest BCUT2D eigenvalue weighted by Crippen LogP contribution is -2.15. The zero-order chi connectivity index (χ0) is 14.9. The molecule has 0 aliphatic carbocycles. The van der Waals surface area contributed by atoms with Crippen LogP contribution in [0.5, 0.6) is 5.75 Å².